The van der Waals surface area contributed by atoms with Gasteiger partial charge in [0.1, 0.15) is 12.4 Å². The van der Waals surface area contributed by atoms with Crippen molar-refractivity contribution in [2.75, 3.05) is 13.7 Å². The van der Waals surface area contributed by atoms with E-state index in [1.54, 1.807) is 31.3 Å². The molecule has 8 heteroatoms. The van der Waals surface area contributed by atoms with Gasteiger partial charge in [-0.05, 0) is 29.2 Å². The Morgan fingerprint density at radius 1 is 1.10 bits per heavy atom. The number of aliphatic imine (C=N–C) groups is 1. The van der Waals surface area contributed by atoms with Gasteiger partial charge in [0.25, 0.3) is 0 Å². The molecule has 29 heavy (non-hydrogen) atoms. The van der Waals surface area contributed by atoms with Crippen LogP contribution in [0.4, 0.5) is 17.6 Å². The summed E-state index contributed by atoms with van der Waals surface area (Å²) in [7, 11) is 1.66. The lowest BCUT2D eigenvalue weighted by atomic mass is 10.1. The lowest BCUT2D eigenvalue weighted by molar-refractivity contribution is -0.176. The summed E-state index contributed by atoms with van der Waals surface area (Å²) < 4.78 is 54.8. The Labute approximate surface area is 167 Å². The van der Waals surface area contributed by atoms with E-state index in [9.17, 15) is 17.6 Å². The van der Waals surface area contributed by atoms with Crippen LogP contribution >= 0.6 is 0 Å². The van der Waals surface area contributed by atoms with Crippen LogP contribution in [-0.4, -0.2) is 31.8 Å². The summed E-state index contributed by atoms with van der Waals surface area (Å²) >= 11 is 0. The van der Waals surface area contributed by atoms with E-state index in [2.05, 4.69) is 20.4 Å². The number of hydrogen-bond donors (Lipinski definition) is 2. The molecule has 0 radical (unpaired) electrons. The van der Waals surface area contributed by atoms with Gasteiger partial charge in [-0.2, -0.15) is 13.2 Å². The van der Waals surface area contributed by atoms with Gasteiger partial charge in [-0.3, -0.25) is 4.99 Å². The Hall–Kier alpha value is -2.61. The largest absolute Gasteiger partial charge is 0.411 e. The Morgan fingerprint density at radius 3 is 2.45 bits per heavy atom. The van der Waals surface area contributed by atoms with Crippen LogP contribution in [0.15, 0.2) is 53.5 Å². The first-order chi connectivity index (χ1) is 13.9. The number of guanidine groups is 1. The van der Waals surface area contributed by atoms with Crippen molar-refractivity contribution >= 4 is 5.96 Å². The van der Waals surface area contributed by atoms with Gasteiger partial charge in [0.05, 0.1) is 6.61 Å². The van der Waals surface area contributed by atoms with Crippen LogP contribution in [0.25, 0.3) is 0 Å². The van der Waals surface area contributed by atoms with Gasteiger partial charge in [0.2, 0.25) is 0 Å². The van der Waals surface area contributed by atoms with E-state index in [4.69, 9.17) is 0 Å². The van der Waals surface area contributed by atoms with Crippen LogP contribution in [0.3, 0.4) is 0 Å². The number of halogens is 4. The van der Waals surface area contributed by atoms with Crippen molar-refractivity contribution in [3.63, 3.8) is 0 Å². The summed E-state index contributed by atoms with van der Waals surface area (Å²) in [6.07, 6.45) is -3.48. The van der Waals surface area contributed by atoms with Gasteiger partial charge < -0.3 is 15.4 Å². The third-order valence-electron chi connectivity index (χ3n) is 4.66. The second-order valence-electron chi connectivity index (χ2n) is 6.96. The number of benzene rings is 2. The molecule has 0 aliphatic heterocycles. The van der Waals surface area contributed by atoms with E-state index in [0.717, 1.165) is 12.0 Å². The minimum Gasteiger partial charge on any atom is -0.367 e. The molecule has 0 amide bonds. The molecular formula is C21H23F4N3O. The van der Waals surface area contributed by atoms with E-state index in [0.29, 0.717) is 23.6 Å². The van der Waals surface area contributed by atoms with Crippen molar-refractivity contribution in [2.45, 2.75) is 37.7 Å². The van der Waals surface area contributed by atoms with Gasteiger partial charge in [-0.1, -0.05) is 42.5 Å². The van der Waals surface area contributed by atoms with Gasteiger partial charge in [0.15, 0.2) is 5.96 Å². The zero-order valence-electron chi connectivity index (χ0n) is 16.0. The van der Waals surface area contributed by atoms with Crippen LogP contribution in [0.5, 0.6) is 0 Å². The topological polar surface area (TPSA) is 45.7 Å². The molecule has 0 aromatic heterocycles. The maximum Gasteiger partial charge on any atom is 0.411 e. The maximum atomic E-state index is 13.9. The summed E-state index contributed by atoms with van der Waals surface area (Å²) in [5.74, 6) is 0.557. The fraction of sp³-hybridized carbons (Fsp3) is 0.381. The van der Waals surface area contributed by atoms with Crippen LogP contribution in [0.2, 0.25) is 0 Å². The van der Waals surface area contributed by atoms with Crippen LogP contribution in [0.1, 0.15) is 29.0 Å². The lowest BCUT2D eigenvalue weighted by Crippen LogP contribution is -2.38. The smallest absolute Gasteiger partial charge is 0.367 e. The fourth-order valence-corrected chi connectivity index (χ4v) is 3.07. The van der Waals surface area contributed by atoms with Crippen molar-refractivity contribution < 1.29 is 22.3 Å². The zero-order chi connectivity index (χ0) is 20.9. The maximum absolute atomic E-state index is 13.9. The van der Waals surface area contributed by atoms with Gasteiger partial charge in [-0.25, -0.2) is 4.39 Å². The Balaban J connectivity index is 1.44. The summed E-state index contributed by atoms with van der Waals surface area (Å²) in [6, 6.07) is 14.0. The number of nitrogens with one attached hydrogen (secondary N) is 2. The molecule has 1 saturated carbocycles. The molecule has 3 rings (SSSR count). The number of nitrogens with zero attached hydrogens (tertiary/aromatic N) is 1. The predicted molar refractivity (Wildman–Crippen MR) is 103 cm³/mol. The summed E-state index contributed by atoms with van der Waals surface area (Å²) in [6.45, 7) is -0.844. The molecule has 0 saturated heterocycles. The number of rotatable bonds is 7. The molecule has 1 fully saturated rings. The second-order valence-corrected chi connectivity index (χ2v) is 6.96. The Morgan fingerprint density at radius 2 is 1.79 bits per heavy atom. The molecule has 4 nitrogen and oxygen atoms in total. The molecule has 2 N–H and O–H groups in total. The first kappa shape index (κ1) is 21.1. The predicted octanol–water partition coefficient (Wildman–Crippen LogP) is 4.13. The monoisotopic (exact) mass is 409 g/mol. The molecular weight excluding hydrogens is 386 g/mol. The summed E-state index contributed by atoms with van der Waals surface area (Å²) in [5.41, 5.74) is 2.34. The van der Waals surface area contributed by atoms with E-state index in [-0.39, 0.29) is 24.4 Å². The van der Waals surface area contributed by atoms with Gasteiger partial charge in [-0.15, -0.1) is 0 Å². The number of ether oxygens (including phenoxy) is 1. The SMILES string of the molecule is CN=C(NCc1ccc(COCC(F)(F)F)cc1)NC1CC1c1ccccc1F. The van der Waals surface area contributed by atoms with E-state index in [1.165, 1.54) is 6.07 Å². The summed E-state index contributed by atoms with van der Waals surface area (Å²) in [5, 5.41) is 6.48. The molecule has 2 aromatic rings. The lowest BCUT2D eigenvalue weighted by Gasteiger charge is -2.13. The molecule has 1 aliphatic rings. The van der Waals surface area contributed by atoms with Crippen molar-refractivity contribution in [2.24, 2.45) is 4.99 Å². The third kappa shape index (κ3) is 6.45. The summed E-state index contributed by atoms with van der Waals surface area (Å²) in [4.78, 5) is 4.19. The van der Waals surface area contributed by atoms with Crippen LogP contribution in [0, 0.1) is 5.82 Å². The minimum atomic E-state index is -4.32. The highest BCUT2D eigenvalue weighted by Gasteiger charge is 2.40. The minimum absolute atomic E-state index is 0.0877. The fourth-order valence-electron chi connectivity index (χ4n) is 3.07. The van der Waals surface area contributed by atoms with E-state index >= 15 is 0 Å². The molecule has 0 bridgehead atoms. The first-order valence-corrected chi connectivity index (χ1v) is 9.29. The first-order valence-electron chi connectivity index (χ1n) is 9.29. The van der Waals surface area contributed by atoms with E-state index < -0.39 is 12.8 Å². The molecule has 156 valence electrons. The van der Waals surface area contributed by atoms with Gasteiger partial charge >= 0.3 is 6.18 Å². The molecule has 2 aromatic carbocycles. The van der Waals surface area contributed by atoms with E-state index in [1.807, 2.05) is 18.2 Å². The average molecular weight is 409 g/mol. The van der Waals surface area contributed by atoms with Crippen LogP contribution in [-0.2, 0) is 17.9 Å². The molecule has 1 aliphatic carbocycles. The average Bonchev–Trinajstić information content (AvgIpc) is 3.44. The van der Waals surface area contributed by atoms with Crippen molar-refractivity contribution in [3.8, 4) is 0 Å². The molecule has 2 unspecified atom stereocenters. The molecule has 2 atom stereocenters. The second kappa shape index (κ2) is 9.26. The van der Waals surface area contributed by atoms with Crippen molar-refractivity contribution in [3.05, 3.63) is 71.0 Å². The Bertz CT molecular complexity index is 837. The standard InChI is InChI=1S/C21H23F4N3O/c1-26-20(28-19-10-17(19)16-4-2-3-5-18(16)22)27-11-14-6-8-15(9-7-14)12-29-13-21(23,24)25/h2-9,17,19H,10-13H2,1H3,(H2,26,27,28). The number of alkyl halides is 3. The highest BCUT2D eigenvalue weighted by Crippen LogP contribution is 2.41. The van der Waals surface area contributed by atoms with Crippen molar-refractivity contribution in [1.82, 2.24) is 10.6 Å². The molecule has 0 spiro atoms. The quantitative estimate of drug-likeness (QED) is 0.411. The number of hydrogen-bond acceptors (Lipinski definition) is 2. The van der Waals surface area contributed by atoms with Gasteiger partial charge in [0, 0.05) is 25.6 Å². The Kier molecular flexibility index (Phi) is 6.74. The third-order valence-corrected chi connectivity index (χ3v) is 4.66. The highest BCUT2D eigenvalue weighted by atomic mass is 19.4. The molecule has 0 heterocycles. The zero-order valence-corrected chi connectivity index (χ0v) is 16.0. The normalized spacial score (nSPS) is 19.1. The van der Waals surface area contributed by atoms with Crippen molar-refractivity contribution in [1.29, 1.82) is 0 Å². The van der Waals surface area contributed by atoms with Crippen LogP contribution < -0.4 is 10.6 Å². The highest BCUT2D eigenvalue weighted by molar-refractivity contribution is 5.80.